The zero-order chi connectivity index (χ0) is 15.2. The molecule has 0 aromatic heterocycles. The average molecular weight is 298 g/mol. The maximum Gasteiger partial charge on any atom is 0.224 e. The zero-order valence-electron chi connectivity index (χ0n) is 11.9. The summed E-state index contributed by atoms with van der Waals surface area (Å²) in [5.74, 6) is -0.598. The molecule has 0 aliphatic carbocycles. The van der Waals surface area contributed by atoms with E-state index in [0.717, 1.165) is 5.56 Å². The predicted octanol–water partition coefficient (Wildman–Crippen LogP) is 0.873. The van der Waals surface area contributed by atoms with Crippen molar-refractivity contribution in [2.24, 2.45) is 11.7 Å². The van der Waals surface area contributed by atoms with Gasteiger partial charge in [-0.3, -0.25) is 4.79 Å². The molecular formula is C14H22N2O3S. The van der Waals surface area contributed by atoms with E-state index >= 15 is 0 Å². The Kier molecular flexibility index (Phi) is 6.16. The Hall–Kier alpha value is -1.40. The monoisotopic (exact) mass is 298 g/mol. The largest absolute Gasteiger partial charge is 0.355 e. The van der Waals surface area contributed by atoms with Gasteiger partial charge in [0.2, 0.25) is 5.91 Å². The van der Waals surface area contributed by atoms with E-state index in [4.69, 9.17) is 5.73 Å². The van der Waals surface area contributed by atoms with Crippen molar-refractivity contribution in [2.75, 3.05) is 18.1 Å². The Morgan fingerprint density at radius 3 is 2.45 bits per heavy atom. The van der Waals surface area contributed by atoms with E-state index in [1.54, 1.807) is 13.8 Å². The van der Waals surface area contributed by atoms with E-state index in [1.165, 1.54) is 0 Å². The summed E-state index contributed by atoms with van der Waals surface area (Å²) in [5.41, 5.74) is 6.93. The van der Waals surface area contributed by atoms with Crippen molar-refractivity contribution in [1.29, 1.82) is 0 Å². The zero-order valence-corrected chi connectivity index (χ0v) is 12.7. The first-order chi connectivity index (χ1) is 9.37. The molecule has 0 radical (unpaired) electrons. The van der Waals surface area contributed by atoms with Gasteiger partial charge in [0.25, 0.3) is 0 Å². The molecule has 1 aromatic rings. The molecule has 1 amide bonds. The van der Waals surface area contributed by atoms with Crippen LogP contribution < -0.4 is 11.1 Å². The highest BCUT2D eigenvalue weighted by Crippen LogP contribution is 2.18. The SMILES string of the molecule is CCS(=O)(=O)CCNC(=O)C(C)C(N)c1ccccc1. The third-order valence-corrected chi connectivity index (χ3v) is 4.99. The normalized spacial score (nSPS) is 14.6. The van der Waals surface area contributed by atoms with Crippen molar-refractivity contribution in [2.45, 2.75) is 19.9 Å². The minimum Gasteiger partial charge on any atom is -0.355 e. The van der Waals surface area contributed by atoms with Gasteiger partial charge in [0, 0.05) is 18.3 Å². The maximum atomic E-state index is 11.9. The van der Waals surface area contributed by atoms with Crippen molar-refractivity contribution in [3.8, 4) is 0 Å². The summed E-state index contributed by atoms with van der Waals surface area (Å²) in [4.78, 5) is 11.9. The van der Waals surface area contributed by atoms with Crippen LogP contribution in [0.2, 0.25) is 0 Å². The fraction of sp³-hybridized carbons (Fsp3) is 0.500. The van der Waals surface area contributed by atoms with Crippen LogP contribution in [0, 0.1) is 5.92 Å². The highest BCUT2D eigenvalue weighted by molar-refractivity contribution is 7.91. The smallest absolute Gasteiger partial charge is 0.224 e. The number of carbonyl (C=O) groups is 1. The third-order valence-electron chi connectivity index (χ3n) is 3.29. The molecule has 1 aromatic carbocycles. The van der Waals surface area contributed by atoms with Crippen molar-refractivity contribution in [3.63, 3.8) is 0 Å². The second-order valence-corrected chi connectivity index (χ2v) is 7.23. The average Bonchev–Trinajstić information content (AvgIpc) is 2.46. The van der Waals surface area contributed by atoms with Crippen LogP contribution in [0.1, 0.15) is 25.5 Å². The van der Waals surface area contributed by atoms with Gasteiger partial charge >= 0.3 is 0 Å². The number of hydrogen-bond acceptors (Lipinski definition) is 4. The van der Waals surface area contributed by atoms with Crippen LogP contribution >= 0.6 is 0 Å². The lowest BCUT2D eigenvalue weighted by molar-refractivity contribution is -0.125. The molecule has 6 heteroatoms. The molecule has 0 spiro atoms. The van der Waals surface area contributed by atoms with E-state index < -0.39 is 21.8 Å². The number of benzene rings is 1. The van der Waals surface area contributed by atoms with Gasteiger partial charge in [0.1, 0.15) is 0 Å². The molecule has 0 saturated heterocycles. The molecule has 0 bridgehead atoms. The lowest BCUT2D eigenvalue weighted by Gasteiger charge is -2.19. The van der Waals surface area contributed by atoms with E-state index in [0.29, 0.717) is 0 Å². The van der Waals surface area contributed by atoms with Crippen molar-refractivity contribution >= 4 is 15.7 Å². The Morgan fingerprint density at radius 2 is 1.90 bits per heavy atom. The van der Waals surface area contributed by atoms with Gasteiger partial charge in [-0.25, -0.2) is 8.42 Å². The highest BCUT2D eigenvalue weighted by atomic mass is 32.2. The van der Waals surface area contributed by atoms with Gasteiger partial charge in [-0.1, -0.05) is 44.2 Å². The number of sulfone groups is 1. The summed E-state index contributed by atoms with van der Waals surface area (Å²) in [6.45, 7) is 3.45. The van der Waals surface area contributed by atoms with Gasteiger partial charge in [-0.15, -0.1) is 0 Å². The number of rotatable bonds is 7. The summed E-state index contributed by atoms with van der Waals surface area (Å²) in [6, 6.07) is 8.96. The highest BCUT2D eigenvalue weighted by Gasteiger charge is 2.22. The Labute approximate surface area is 120 Å². The molecule has 0 heterocycles. The molecule has 5 nitrogen and oxygen atoms in total. The number of hydrogen-bond donors (Lipinski definition) is 2. The number of nitrogens with two attached hydrogens (primary N) is 1. The van der Waals surface area contributed by atoms with Crippen molar-refractivity contribution < 1.29 is 13.2 Å². The number of amides is 1. The molecule has 0 aliphatic rings. The van der Waals surface area contributed by atoms with E-state index in [-0.39, 0.29) is 24.0 Å². The second kappa shape index (κ2) is 7.40. The molecule has 20 heavy (non-hydrogen) atoms. The van der Waals surface area contributed by atoms with Crippen LogP contribution in [0.25, 0.3) is 0 Å². The first-order valence-electron chi connectivity index (χ1n) is 6.66. The van der Waals surface area contributed by atoms with E-state index in [1.807, 2.05) is 30.3 Å². The van der Waals surface area contributed by atoms with Crippen LogP contribution in [0.4, 0.5) is 0 Å². The minimum absolute atomic E-state index is 0.0392. The second-order valence-electron chi connectivity index (χ2n) is 4.75. The van der Waals surface area contributed by atoms with Gasteiger partial charge < -0.3 is 11.1 Å². The first kappa shape index (κ1) is 16.7. The van der Waals surface area contributed by atoms with E-state index in [2.05, 4.69) is 5.32 Å². The minimum atomic E-state index is -3.06. The van der Waals surface area contributed by atoms with Crippen LogP contribution in [-0.4, -0.2) is 32.4 Å². The summed E-state index contributed by atoms with van der Waals surface area (Å²) < 4.78 is 22.7. The van der Waals surface area contributed by atoms with Crippen LogP contribution in [-0.2, 0) is 14.6 Å². The fourth-order valence-corrected chi connectivity index (χ4v) is 2.46. The van der Waals surface area contributed by atoms with Gasteiger partial charge in [0.15, 0.2) is 9.84 Å². The van der Waals surface area contributed by atoms with E-state index in [9.17, 15) is 13.2 Å². The topological polar surface area (TPSA) is 89.3 Å². The lowest BCUT2D eigenvalue weighted by atomic mass is 9.95. The Balaban J connectivity index is 2.51. The predicted molar refractivity (Wildman–Crippen MR) is 79.9 cm³/mol. The molecular weight excluding hydrogens is 276 g/mol. The standard InChI is InChI=1S/C14H22N2O3S/c1-3-20(18,19)10-9-16-14(17)11(2)13(15)12-7-5-4-6-8-12/h4-8,11,13H,3,9-10,15H2,1-2H3,(H,16,17). The number of nitrogens with one attached hydrogen (secondary N) is 1. The maximum absolute atomic E-state index is 11.9. The molecule has 2 unspecified atom stereocenters. The molecule has 2 atom stereocenters. The van der Waals surface area contributed by atoms with Gasteiger partial charge in [0.05, 0.1) is 11.7 Å². The third kappa shape index (κ3) is 4.94. The summed E-state index contributed by atoms with van der Waals surface area (Å²) in [7, 11) is -3.06. The summed E-state index contributed by atoms with van der Waals surface area (Å²) >= 11 is 0. The van der Waals surface area contributed by atoms with Crippen LogP contribution in [0.3, 0.4) is 0 Å². The first-order valence-corrected chi connectivity index (χ1v) is 8.48. The molecule has 0 saturated carbocycles. The van der Waals surface area contributed by atoms with Gasteiger partial charge in [-0.2, -0.15) is 0 Å². The van der Waals surface area contributed by atoms with Crippen LogP contribution in [0.5, 0.6) is 0 Å². The Bertz CT molecular complexity index is 529. The molecule has 0 fully saturated rings. The molecule has 0 aliphatic heterocycles. The molecule has 1 rings (SSSR count). The quantitative estimate of drug-likeness (QED) is 0.782. The van der Waals surface area contributed by atoms with Crippen molar-refractivity contribution in [3.05, 3.63) is 35.9 Å². The Morgan fingerprint density at radius 1 is 1.30 bits per heavy atom. The van der Waals surface area contributed by atoms with Crippen LogP contribution in [0.15, 0.2) is 30.3 Å². The summed E-state index contributed by atoms with van der Waals surface area (Å²) in [5, 5.41) is 2.63. The van der Waals surface area contributed by atoms with Gasteiger partial charge in [-0.05, 0) is 5.56 Å². The molecule has 112 valence electrons. The summed E-state index contributed by atoms with van der Waals surface area (Å²) in [6.07, 6.45) is 0. The van der Waals surface area contributed by atoms with Crippen molar-refractivity contribution in [1.82, 2.24) is 5.32 Å². The number of carbonyl (C=O) groups excluding carboxylic acids is 1. The lowest BCUT2D eigenvalue weighted by Crippen LogP contribution is -2.37. The fourth-order valence-electron chi connectivity index (χ4n) is 1.76. The molecule has 3 N–H and O–H groups in total.